The quantitative estimate of drug-likeness (QED) is 0.242. The van der Waals surface area contributed by atoms with Gasteiger partial charge in [0.1, 0.15) is 11.5 Å². The Morgan fingerprint density at radius 1 is 1.08 bits per heavy atom. The number of halogens is 1. The highest BCUT2D eigenvalue weighted by Crippen LogP contribution is 2.36. The summed E-state index contributed by atoms with van der Waals surface area (Å²) < 4.78 is 20.5. The van der Waals surface area contributed by atoms with Crippen LogP contribution in [0.1, 0.15) is 22.5 Å². The van der Waals surface area contributed by atoms with Crippen LogP contribution >= 0.6 is 11.8 Å². The van der Waals surface area contributed by atoms with Crippen molar-refractivity contribution in [2.45, 2.75) is 20.4 Å². The minimum Gasteiger partial charge on any atom is -0.378 e. The third-order valence-electron chi connectivity index (χ3n) is 6.65. The van der Waals surface area contributed by atoms with Crippen molar-refractivity contribution < 1.29 is 23.6 Å². The number of imide groups is 1. The molecule has 38 heavy (non-hydrogen) atoms. The minimum absolute atomic E-state index is 0.0142. The van der Waals surface area contributed by atoms with E-state index in [1.54, 1.807) is 30.3 Å². The van der Waals surface area contributed by atoms with Crippen LogP contribution < -0.4 is 4.90 Å². The van der Waals surface area contributed by atoms with Gasteiger partial charge in [0.15, 0.2) is 0 Å². The van der Waals surface area contributed by atoms with Gasteiger partial charge in [-0.1, -0.05) is 12.1 Å². The van der Waals surface area contributed by atoms with Crippen molar-refractivity contribution in [3.8, 4) is 5.69 Å². The first-order chi connectivity index (χ1) is 18.2. The molecule has 1 aromatic heterocycles. The normalized spacial score (nSPS) is 17.1. The van der Waals surface area contributed by atoms with Crippen molar-refractivity contribution in [2.75, 3.05) is 31.2 Å². The lowest BCUT2D eigenvalue weighted by molar-refractivity contribution is -0.384. The molecule has 9 nitrogen and oxygen atoms in total. The van der Waals surface area contributed by atoms with E-state index >= 15 is 0 Å². The molecule has 2 aliphatic heterocycles. The van der Waals surface area contributed by atoms with Gasteiger partial charge in [-0.3, -0.25) is 24.6 Å². The molecule has 3 aromatic rings. The molecule has 5 rings (SSSR count). The van der Waals surface area contributed by atoms with Crippen LogP contribution in [-0.2, 0) is 16.1 Å². The van der Waals surface area contributed by atoms with Crippen LogP contribution in [0.15, 0.2) is 53.4 Å². The largest absolute Gasteiger partial charge is 0.378 e. The zero-order valence-corrected chi connectivity index (χ0v) is 21.7. The second-order valence-corrected chi connectivity index (χ2v) is 10.1. The monoisotopic (exact) mass is 536 g/mol. The van der Waals surface area contributed by atoms with Crippen LogP contribution in [0.3, 0.4) is 0 Å². The summed E-state index contributed by atoms with van der Waals surface area (Å²) in [7, 11) is 0. The number of morpholine rings is 1. The molecule has 2 saturated heterocycles. The molecule has 2 fully saturated rings. The molecule has 0 unspecified atom stereocenters. The highest BCUT2D eigenvalue weighted by atomic mass is 32.2. The Bertz CT molecular complexity index is 1460. The lowest BCUT2D eigenvalue weighted by Gasteiger charge is -2.28. The van der Waals surface area contributed by atoms with Crippen LogP contribution in [-0.4, -0.2) is 51.8 Å². The Kier molecular flexibility index (Phi) is 7.04. The van der Waals surface area contributed by atoms with Gasteiger partial charge in [0, 0.05) is 30.5 Å². The number of nitro benzene ring substituents is 1. The number of amides is 2. The maximum atomic E-state index is 13.2. The zero-order chi connectivity index (χ0) is 27.0. The molecule has 0 spiro atoms. The number of benzene rings is 2. The molecule has 0 bridgehead atoms. The van der Waals surface area contributed by atoms with Crippen molar-refractivity contribution in [2.24, 2.45) is 0 Å². The van der Waals surface area contributed by atoms with E-state index in [2.05, 4.69) is 0 Å². The number of anilines is 1. The lowest BCUT2D eigenvalue weighted by Crippen LogP contribution is -2.36. The van der Waals surface area contributed by atoms with Crippen LogP contribution in [0.25, 0.3) is 11.8 Å². The Morgan fingerprint density at radius 3 is 2.47 bits per heavy atom. The van der Waals surface area contributed by atoms with Gasteiger partial charge in [0.05, 0.1) is 35.3 Å². The number of hydrogen-bond donors (Lipinski definition) is 0. The Hall–Kier alpha value is -3.96. The van der Waals surface area contributed by atoms with Crippen molar-refractivity contribution in [1.29, 1.82) is 0 Å². The standard InChI is InChI=1S/C27H25FN4O5S/c1-17-13-20(14-25-26(33)30(27(34)38-25)16-19-3-5-21(28)6-4-19)18(2)31(17)22-7-8-23(24(15-22)32(35)36)29-9-11-37-12-10-29/h3-8,13-15H,9-12,16H2,1-2H3/b25-14-. The number of carbonyl (C=O) groups is 2. The summed E-state index contributed by atoms with van der Waals surface area (Å²) in [6.45, 7) is 6.01. The average Bonchev–Trinajstić information content (AvgIpc) is 3.34. The Balaban J connectivity index is 1.43. The summed E-state index contributed by atoms with van der Waals surface area (Å²) in [5.74, 6) is -0.807. The third-order valence-corrected chi connectivity index (χ3v) is 7.56. The number of hydrogen-bond acceptors (Lipinski definition) is 7. The highest BCUT2D eigenvalue weighted by Gasteiger charge is 2.35. The molecule has 196 valence electrons. The summed E-state index contributed by atoms with van der Waals surface area (Å²) in [5.41, 5.74) is 4.19. The predicted molar refractivity (Wildman–Crippen MR) is 143 cm³/mol. The van der Waals surface area contributed by atoms with Crippen LogP contribution in [0.5, 0.6) is 0 Å². The molecule has 0 saturated carbocycles. The molecular weight excluding hydrogens is 511 g/mol. The number of ether oxygens (including phenoxy) is 1. The van der Waals surface area contributed by atoms with Gasteiger partial charge in [0.25, 0.3) is 16.8 Å². The number of thioether (sulfide) groups is 1. The SMILES string of the molecule is Cc1cc(/C=C2\SC(=O)N(Cc3ccc(F)cc3)C2=O)c(C)n1-c1ccc(N2CCOCC2)c([N+](=O)[O-])c1. The van der Waals surface area contributed by atoms with E-state index in [4.69, 9.17) is 4.74 Å². The van der Waals surface area contributed by atoms with Gasteiger partial charge in [-0.25, -0.2) is 4.39 Å². The van der Waals surface area contributed by atoms with Crippen LogP contribution in [0.2, 0.25) is 0 Å². The number of nitrogens with zero attached hydrogens (tertiary/aromatic N) is 4. The smallest absolute Gasteiger partial charge is 0.294 e. The predicted octanol–water partition coefficient (Wildman–Crippen LogP) is 5.21. The summed E-state index contributed by atoms with van der Waals surface area (Å²) in [6.07, 6.45) is 1.67. The number of rotatable bonds is 6. The second-order valence-electron chi connectivity index (χ2n) is 9.09. The summed E-state index contributed by atoms with van der Waals surface area (Å²) in [5, 5.41) is 11.5. The van der Waals surface area contributed by atoms with Crippen molar-refractivity contribution in [3.63, 3.8) is 0 Å². The van der Waals surface area contributed by atoms with E-state index < -0.39 is 11.1 Å². The summed E-state index contributed by atoms with van der Waals surface area (Å²) in [4.78, 5) is 40.5. The zero-order valence-electron chi connectivity index (χ0n) is 20.8. The Morgan fingerprint density at radius 2 is 1.79 bits per heavy atom. The van der Waals surface area contributed by atoms with Gasteiger partial charge >= 0.3 is 0 Å². The lowest BCUT2D eigenvalue weighted by atomic mass is 10.2. The number of carbonyl (C=O) groups excluding carboxylic acids is 2. The molecule has 0 radical (unpaired) electrons. The molecule has 2 amide bonds. The third kappa shape index (κ3) is 4.94. The first-order valence-electron chi connectivity index (χ1n) is 12.0. The highest BCUT2D eigenvalue weighted by molar-refractivity contribution is 8.18. The fraction of sp³-hybridized carbons (Fsp3) is 0.259. The first-order valence-corrected chi connectivity index (χ1v) is 12.8. The molecular formula is C27H25FN4O5S. The summed E-state index contributed by atoms with van der Waals surface area (Å²) in [6, 6.07) is 12.7. The summed E-state index contributed by atoms with van der Waals surface area (Å²) >= 11 is 0.853. The van der Waals surface area contributed by atoms with Gasteiger partial charge in [-0.05, 0) is 73.1 Å². The maximum absolute atomic E-state index is 13.2. The van der Waals surface area contributed by atoms with E-state index in [-0.39, 0.29) is 27.9 Å². The van der Waals surface area contributed by atoms with Gasteiger partial charge in [-0.2, -0.15) is 0 Å². The van der Waals surface area contributed by atoms with Crippen LogP contribution in [0, 0.1) is 29.8 Å². The van der Waals surface area contributed by atoms with Gasteiger partial charge in [0.2, 0.25) is 0 Å². The molecule has 0 N–H and O–H groups in total. The molecule has 11 heteroatoms. The number of aromatic nitrogens is 1. The van der Waals surface area contributed by atoms with E-state index in [1.807, 2.05) is 35.4 Å². The second kappa shape index (κ2) is 10.4. The Labute approximate surface area is 222 Å². The fourth-order valence-corrected chi connectivity index (χ4v) is 5.58. The van der Waals surface area contributed by atoms with E-state index in [1.165, 1.54) is 12.1 Å². The van der Waals surface area contributed by atoms with Gasteiger partial charge in [-0.15, -0.1) is 0 Å². The van der Waals surface area contributed by atoms with Crippen LogP contribution in [0.4, 0.5) is 20.6 Å². The van der Waals surface area contributed by atoms with E-state index in [9.17, 15) is 24.1 Å². The average molecular weight is 537 g/mol. The maximum Gasteiger partial charge on any atom is 0.294 e. The first kappa shape index (κ1) is 25.7. The molecule has 2 aliphatic rings. The molecule has 3 heterocycles. The fourth-order valence-electron chi connectivity index (χ4n) is 4.75. The van der Waals surface area contributed by atoms with E-state index in [0.717, 1.165) is 33.6 Å². The molecule has 2 aromatic carbocycles. The van der Waals surface area contributed by atoms with Gasteiger partial charge < -0.3 is 14.2 Å². The van der Waals surface area contributed by atoms with Crippen molar-refractivity contribution >= 4 is 40.4 Å². The number of aryl methyl sites for hydroxylation is 1. The topological polar surface area (TPSA) is 97.9 Å². The van der Waals surface area contributed by atoms with Crippen molar-refractivity contribution in [1.82, 2.24) is 9.47 Å². The van der Waals surface area contributed by atoms with Crippen molar-refractivity contribution in [3.05, 3.63) is 91.9 Å². The molecule has 0 atom stereocenters. The number of nitro groups is 1. The van der Waals surface area contributed by atoms with E-state index in [0.29, 0.717) is 43.2 Å². The molecule has 0 aliphatic carbocycles. The minimum atomic E-state index is -0.417.